The van der Waals surface area contributed by atoms with E-state index in [0.717, 1.165) is 19.3 Å². The zero-order valence-corrected chi connectivity index (χ0v) is 14.4. The van der Waals surface area contributed by atoms with E-state index in [1.54, 1.807) is 11.0 Å². The second kappa shape index (κ2) is 8.40. The molecule has 0 aromatic heterocycles. The lowest BCUT2D eigenvalue weighted by molar-refractivity contribution is -0.126. The molecule has 1 fully saturated rings. The van der Waals surface area contributed by atoms with Crippen molar-refractivity contribution < 1.29 is 14.0 Å². The van der Waals surface area contributed by atoms with E-state index in [0.29, 0.717) is 36.2 Å². The highest BCUT2D eigenvalue weighted by molar-refractivity contribution is 9.10. The fourth-order valence-corrected chi connectivity index (χ4v) is 2.89. The molecule has 0 spiro atoms. The van der Waals surface area contributed by atoms with Crippen LogP contribution in [0.2, 0.25) is 0 Å². The molecule has 1 heterocycles. The summed E-state index contributed by atoms with van der Waals surface area (Å²) in [5, 5.41) is 2.85. The number of carbonyl (C=O) groups excluding carboxylic acids is 2. The lowest BCUT2D eigenvalue weighted by atomic mass is 9.96. The van der Waals surface area contributed by atoms with Gasteiger partial charge in [0, 0.05) is 25.2 Å². The van der Waals surface area contributed by atoms with Crippen LogP contribution in [0.3, 0.4) is 0 Å². The number of carbonyl (C=O) groups is 2. The molecular weight excluding hydrogens is 365 g/mol. The van der Waals surface area contributed by atoms with Gasteiger partial charge in [-0.2, -0.15) is 0 Å². The van der Waals surface area contributed by atoms with Crippen LogP contribution < -0.4 is 11.1 Å². The minimum atomic E-state index is -0.469. The largest absolute Gasteiger partial charge is 0.356 e. The molecule has 2 amide bonds. The minimum absolute atomic E-state index is 0.0436. The molecule has 23 heavy (non-hydrogen) atoms. The predicted octanol–water partition coefficient (Wildman–Crippen LogP) is 1.91. The Morgan fingerprint density at radius 1 is 1.43 bits per heavy atom. The third-order valence-electron chi connectivity index (χ3n) is 3.93. The van der Waals surface area contributed by atoms with E-state index in [4.69, 9.17) is 5.73 Å². The normalized spacial score (nSPS) is 17.9. The number of nitrogens with zero attached hydrogens (tertiary/aromatic N) is 1. The Kier molecular flexibility index (Phi) is 6.53. The van der Waals surface area contributed by atoms with Gasteiger partial charge in [-0.15, -0.1) is 0 Å². The van der Waals surface area contributed by atoms with Gasteiger partial charge in [0.15, 0.2) is 0 Å². The van der Waals surface area contributed by atoms with Gasteiger partial charge >= 0.3 is 0 Å². The molecule has 1 aliphatic rings. The number of benzene rings is 1. The second-order valence-electron chi connectivity index (χ2n) is 5.65. The quantitative estimate of drug-likeness (QED) is 0.760. The van der Waals surface area contributed by atoms with Crippen LogP contribution in [0.1, 0.15) is 29.6 Å². The highest BCUT2D eigenvalue weighted by Crippen LogP contribution is 2.21. The van der Waals surface area contributed by atoms with Crippen LogP contribution in [0.5, 0.6) is 0 Å². The van der Waals surface area contributed by atoms with Gasteiger partial charge in [0.2, 0.25) is 5.91 Å². The molecule has 126 valence electrons. The van der Waals surface area contributed by atoms with Crippen LogP contribution in [0.25, 0.3) is 0 Å². The summed E-state index contributed by atoms with van der Waals surface area (Å²) in [5.74, 6) is -0.969. The van der Waals surface area contributed by atoms with Crippen LogP contribution >= 0.6 is 15.9 Å². The molecule has 7 heteroatoms. The number of hydrogen-bond donors (Lipinski definition) is 2. The molecule has 1 aromatic carbocycles. The number of rotatable bonds is 5. The summed E-state index contributed by atoms with van der Waals surface area (Å²) in [7, 11) is 0. The third kappa shape index (κ3) is 4.75. The zero-order chi connectivity index (χ0) is 16.8. The van der Waals surface area contributed by atoms with Gasteiger partial charge in [-0.1, -0.05) is 0 Å². The van der Waals surface area contributed by atoms with Gasteiger partial charge in [0.05, 0.1) is 10.4 Å². The van der Waals surface area contributed by atoms with Crippen LogP contribution in [-0.2, 0) is 4.79 Å². The molecule has 1 saturated heterocycles. The standard InChI is InChI=1S/C16H21BrFN3O2/c17-13-5-4-11(9-14(13)18)16(23)21-8-1-3-12(10-21)15(22)20-7-2-6-19/h4-5,9,12H,1-3,6-8,10,19H2,(H,20,22). The maximum absolute atomic E-state index is 13.6. The first-order valence-corrected chi connectivity index (χ1v) is 8.54. The van der Waals surface area contributed by atoms with E-state index in [9.17, 15) is 14.0 Å². The number of nitrogens with one attached hydrogen (secondary N) is 1. The maximum Gasteiger partial charge on any atom is 0.253 e. The summed E-state index contributed by atoms with van der Waals surface area (Å²) in [4.78, 5) is 26.2. The van der Waals surface area contributed by atoms with Crippen molar-refractivity contribution in [3.05, 3.63) is 34.1 Å². The SMILES string of the molecule is NCCCNC(=O)C1CCCN(C(=O)c2ccc(Br)c(F)c2)C1. The number of piperidine rings is 1. The lowest BCUT2D eigenvalue weighted by Crippen LogP contribution is -2.45. The summed E-state index contributed by atoms with van der Waals surface area (Å²) >= 11 is 3.07. The van der Waals surface area contributed by atoms with E-state index in [1.807, 2.05) is 0 Å². The topological polar surface area (TPSA) is 75.4 Å². The third-order valence-corrected chi connectivity index (χ3v) is 4.57. The molecule has 0 bridgehead atoms. The van der Waals surface area contributed by atoms with E-state index in [2.05, 4.69) is 21.2 Å². The molecule has 0 aliphatic carbocycles. The number of hydrogen-bond acceptors (Lipinski definition) is 3. The average molecular weight is 386 g/mol. The smallest absolute Gasteiger partial charge is 0.253 e. The molecule has 2 rings (SSSR count). The highest BCUT2D eigenvalue weighted by Gasteiger charge is 2.28. The molecule has 5 nitrogen and oxygen atoms in total. The van der Waals surface area contributed by atoms with E-state index < -0.39 is 5.82 Å². The summed E-state index contributed by atoms with van der Waals surface area (Å²) in [6, 6.07) is 4.32. The minimum Gasteiger partial charge on any atom is -0.356 e. The van der Waals surface area contributed by atoms with Crippen molar-refractivity contribution in [3.8, 4) is 0 Å². The van der Waals surface area contributed by atoms with Crippen LogP contribution in [0, 0.1) is 11.7 Å². The van der Waals surface area contributed by atoms with Gasteiger partial charge in [0.1, 0.15) is 5.82 Å². The molecule has 3 N–H and O–H groups in total. The first kappa shape index (κ1) is 17.9. The monoisotopic (exact) mass is 385 g/mol. The number of halogens is 2. The molecule has 0 radical (unpaired) electrons. The zero-order valence-electron chi connectivity index (χ0n) is 12.9. The summed E-state index contributed by atoms with van der Waals surface area (Å²) < 4.78 is 13.9. The van der Waals surface area contributed by atoms with Gasteiger partial charge in [0.25, 0.3) is 5.91 Å². The summed E-state index contributed by atoms with van der Waals surface area (Å²) in [6.45, 7) is 2.04. The second-order valence-corrected chi connectivity index (χ2v) is 6.51. The molecule has 1 unspecified atom stereocenters. The van der Waals surface area contributed by atoms with Crippen LogP contribution in [0.15, 0.2) is 22.7 Å². The van der Waals surface area contributed by atoms with Crippen LogP contribution in [0.4, 0.5) is 4.39 Å². The van der Waals surface area contributed by atoms with Crippen LogP contribution in [-0.4, -0.2) is 42.9 Å². The Morgan fingerprint density at radius 2 is 2.22 bits per heavy atom. The predicted molar refractivity (Wildman–Crippen MR) is 89.4 cm³/mol. The van der Waals surface area contributed by atoms with Crippen molar-refractivity contribution in [2.45, 2.75) is 19.3 Å². The Morgan fingerprint density at radius 3 is 2.91 bits per heavy atom. The molecule has 1 atom stereocenters. The Balaban J connectivity index is 1.98. The van der Waals surface area contributed by atoms with E-state index in [-0.39, 0.29) is 17.7 Å². The van der Waals surface area contributed by atoms with Crippen molar-refractivity contribution in [2.24, 2.45) is 11.7 Å². The number of nitrogens with two attached hydrogens (primary N) is 1. The first-order chi connectivity index (χ1) is 11.0. The first-order valence-electron chi connectivity index (χ1n) is 7.75. The Hall–Kier alpha value is -1.47. The molecular formula is C16H21BrFN3O2. The maximum atomic E-state index is 13.6. The summed E-state index contributed by atoms with van der Waals surface area (Å²) in [5.41, 5.74) is 5.70. The van der Waals surface area contributed by atoms with Gasteiger partial charge < -0.3 is 16.0 Å². The average Bonchev–Trinajstić information content (AvgIpc) is 2.57. The number of likely N-dealkylation sites (tertiary alicyclic amines) is 1. The fourth-order valence-electron chi connectivity index (χ4n) is 2.65. The van der Waals surface area contributed by atoms with Gasteiger partial charge in [-0.05, 0) is 59.9 Å². The van der Waals surface area contributed by atoms with Crippen molar-refractivity contribution in [2.75, 3.05) is 26.2 Å². The fraction of sp³-hybridized carbons (Fsp3) is 0.500. The van der Waals surface area contributed by atoms with E-state index >= 15 is 0 Å². The Labute approximate surface area is 143 Å². The van der Waals surface area contributed by atoms with Gasteiger partial charge in [-0.3, -0.25) is 9.59 Å². The lowest BCUT2D eigenvalue weighted by Gasteiger charge is -2.32. The van der Waals surface area contributed by atoms with Crippen molar-refractivity contribution in [1.29, 1.82) is 0 Å². The van der Waals surface area contributed by atoms with Crippen molar-refractivity contribution in [1.82, 2.24) is 10.2 Å². The summed E-state index contributed by atoms with van der Waals surface area (Å²) in [6.07, 6.45) is 2.26. The highest BCUT2D eigenvalue weighted by atomic mass is 79.9. The van der Waals surface area contributed by atoms with Crippen molar-refractivity contribution >= 4 is 27.7 Å². The number of amides is 2. The molecule has 1 aromatic rings. The van der Waals surface area contributed by atoms with Gasteiger partial charge in [-0.25, -0.2) is 4.39 Å². The molecule has 1 aliphatic heterocycles. The van der Waals surface area contributed by atoms with E-state index in [1.165, 1.54) is 12.1 Å². The van der Waals surface area contributed by atoms with Crippen molar-refractivity contribution in [3.63, 3.8) is 0 Å². The Bertz CT molecular complexity index is 582. The molecule has 0 saturated carbocycles.